The Balaban J connectivity index is 1.78. The van der Waals surface area contributed by atoms with Crippen molar-refractivity contribution in [2.75, 3.05) is 18.1 Å². The van der Waals surface area contributed by atoms with Crippen LogP contribution in [0.4, 0.5) is 14.9 Å². The van der Waals surface area contributed by atoms with E-state index in [1.807, 2.05) is 18.4 Å². The fourth-order valence-electron chi connectivity index (χ4n) is 4.19. The number of amides is 4. The highest BCUT2D eigenvalue weighted by Crippen LogP contribution is 2.35. The number of ether oxygens (including phenoxy) is 2. The maximum Gasteiger partial charge on any atom is 0.336 e. The van der Waals surface area contributed by atoms with Gasteiger partial charge in [-0.25, -0.2) is 14.1 Å². The van der Waals surface area contributed by atoms with Crippen LogP contribution in [0.25, 0.3) is 11.8 Å². The first kappa shape index (κ1) is 26.0. The molecule has 1 aromatic heterocycles. The molecule has 0 radical (unpaired) electrons. The third-order valence-corrected chi connectivity index (χ3v) is 6.10. The van der Waals surface area contributed by atoms with Gasteiger partial charge in [0.1, 0.15) is 22.9 Å². The molecule has 1 fully saturated rings. The Morgan fingerprint density at radius 2 is 1.73 bits per heavy atom. The highest BCUT2D eigenvalue weighted by Gasteiger charge is 2.38. The third-order valence-electron chi connectivity index (χ3n) is 5.82. The fraction of sp³-hybridized carbons (Fsp3) is 0.222. The van der Waals surface area contributed by atoms with Gasteiger partial charge in [0.25, 0.3) is 11.8 Å². The molecule has 0 unspecified atom stereocenters. The van der Waals surface area contributed by atoms with Crippen molar-refractivity contribution in [2.45, 2.75) is 27.7 Å². The highest BCUT2D eigenvalue weighted by atomic mass is 35.5. The number of anilines is 1. The van der Waals surface area contributed by atoms with E-state index in [1.54, 1.807) is 38.1 Å². The first-order valence-electron chi connectivity index (χ1n) is 11.6. The minimum Gasteiger partial charge on any atom is -0.494 e. The molecule has 1 saturated heterocycles. The number of barbiturate groups is 1. The number of aromatic nitrogens is 1. The Morgan fingerprint density at radius 3 is 2.41 bits per heavy atom. The molecule has 8 nitrogen and oxygen atoms in total. The van der Waals surface area contributed by atoms with Gasteiger partial charge >= 0.3 is 6.03 Å². The highest BCUT2D eigenvalue weighted by molar-refractivity contribution is 6.39. The van der Waals surface area contributed by atoms with E-state index >= 15 is 0 Å². The van der Waals surface area contributed by atoms with Crippen molar-refractivity contribution in [1.29, 1.82) is 0 Å². The van der Waals surface area contributed by atoms with Gasteiger partial charge in [-0.2, -0.15) is 0 Å². The normalized spacial score (nSPS) is 14.8. The molecular weight excluding hydrogens is 501 g/mol. The lowest BCUT2D eigenvalue weighted by Crippen LogP contribution is -2.54. The van der Waals surface area contributed by atoms with Crippen LogP contribution >= 0.6 is 11.6 Å². The van der Waals surface area contributed by atoms with E-state index in [0.717, 1.165) is 10.6 Å². The van der Waals surface area contributed by atoms with Crippen LogP contribution in [0.2, 0.25) is 5.02 Å². The fourth-order valence-corrected chi connectivity index (χ4v) is 4.37. The number of aryl methyl sites for hydroxylation is 1. The van der Waals surface area contributed by atoms with Gasteiger partial charge in [0.15, 0.2) is 0 Å². The minimum absolute atomic E-state index is 0.0275. The van der Waals surface area contributed by atoms with E-state index in [1.165, 1.54) is 24.3 Å². The first-order valence-corrected chi connectivity index (χ1v) is 12.0. The molecule has 192 valence electrons. The number of benzene rings is 2. The van der Waals surface area contributed by atoms with Gasteiger partial charge in [-0.05, 0) is 75.7 Å². The van der Waals surface area contributed by atoms with Gasteiger partial charge in [0, 0.05) is 23.1 Å². The Morgan fingerprint density at radius 1 is 1.00 bits per heavy atom. The van der Waals surface area contributed by atoms with E-state index in [4.69, 9.17) is 21.1 Å². The summed E-state index contributed by atoms with van der Waals surface area (Å²) in [5, 5.41) is 2.20. The first-order chi connectivity index (χ1) is 17.7. The predicted octanol–water partition coefficient (Wildman–Crippen LogP) is 5.35. The summed E-state index contributed by atoms with van der Waals surface area (Å²) in [4.78, 5) is 40.0. The molecule has 4 amide bonds. The number of carbonyl (C=O) groups excluding carboxylic acids is 3. The Bertz CT molecular complexity index is 1450. The maximum absolute atomic E-state index is 13.7. The standard InChI is InChI=1S/C27H25ClFN3O5/c1-5-36-19-8-10-24(37-6-2)23(14-19)32-26(34)20(25(33)30-27(32)35)12-17-11-15(3)31(16(17)4)18-7-9-22(29)21(28)13-18/h7-14H,5-6H2,1-4H3,(H,30,33,35)/b20-12+. The zero-order chi connectivity index (χ0) is 26.9. The monoisotopic (exact) mass is 525 g/mol. The van der Waals surface area contributed by atoms with E-state index in [0.29, 0.717) is 35.9 Å². The number of hydrogen-bond acceptors (Lipinski definition) is 5. The van der Waals surface area contributed by atoms with Crippen LogP contribution in [0.15, 0.2) is 48.0 Å². The average Bonchev–Trinajstić information content (AvgIpc) is 3.13. The Kier molecular flexibility index (Phi) is 7.35. The van der Waals surface area contributed by atoms with Crippen LogP contribution in [0.1, 0.15) is 30.8 Å². The lowest BCUT2D eigenvalue weighted by Gasteiger charge is -2.28. The van der Waals surface area contributed by atoms with Gasteiger partial charge in [0.05, 0.1) is 23.9 Å². The maximum atomic E-state index is 13.7. The van der Waals surface area contributed by atoms with Crippen LogP contribution in [-0.2, 0) is 9.59 Å². The third kappa shape index (κ3) is 4.95. The lowest BCUT2D eigenvalue weighted by molar-refractivity contribution is -0.122. The minimum atomic E-state index is -0.895. The Hall–Kier alpha value is -4.11. The molecular formula is C27H25ClFN3O5. The van der Waals surface area contributed by atoms with Gasteiger partial charge < -0.3 is 14.0 Å². The van der Waals surface area contributed by atoms with Crippen molar-refractivity contribution < 1.29 is 28.2 Å². The summed E-state index contributed by atoms with van der Waals surface area (Å²) in [6, 6.07) is 10.0. The molecule has 1 aliphatic heterocycles. The number of imide groups is 2. The topological polar surface area (TPSA) is 89.9 Å². The van der Waals surface area contributed by atoms with E-state index in [2.05, 4.69) is 5.32 Å². The summed E-state index contributed by atoms with van der Waals surface area (Å²) >= 11 is 5.97. The van der Waals surface area contributed by atoms with Crippen LogP contribution in [0.3, 0.4) is 0 Å². The SMILES string of the molecule is CCOc1ccc(OCC)c(N2C(=O)NC(=O)/C(=C\c3cc(C)n(-c4ccc(F)c(Cl)c4)c3C)C2=O)c1. The quantitative estimate of drug-likeness (QED) is 0.332. The molecule has 0 spiro atoms. The molecule has 0 aliphatic carbocycles. The molecule has 1 aliphatic rings. The van der Waals surface area contributed by atoms with Crippen molar-refractivity contribution >= 4 is 41.2 Å². The van der Waals surface area contributed by atoms with Crippen molar-refractivity contribution in [2.24, 2.45) is 0 Å². The number of carbonyl (C=O) groups is 3. The second kappa shape index (κ2) is 10.5. The molecule has 37 heavy (non-hydrogen) atoms. The largest absolute Gasteiger partial charge is 0.494 e. The molecule has 2 heterocycles. The summed E-state index contributed by atoms with van der Waals surface area (Å²) in [6.45, 7) is 7.89. The Labute approximate surface area is 218 Å². The van der Waals surface area contributed by atoms with Gasteiger partial charge in [0.2, 0.25) is 0 Å². The molecule has 1 N–H and O–H groups in total. The van der Waals surface area contributed by atoms with Crippen molar-refractivity contribution in [3.05, 3.63) is 75.8 Å². The van der Waals surface area contributed by atoms with Crippen molar-refractivity contribution in [1.82, 2.24) is 9.88 Å². The van der Waals surface area contributed by atoms with Crippen molar-refractivity contribution in [3.8, 4) is 17.2 Å². The van der Waals surface area contributed by atoms with Crippen LogP contribution in [0.5, 0.6) is 11.5 Å². The van der Waals surface area contributed by atoms with Crippen molar-refractivity contribution in [3.63, 3.8) is 0 Å². The molecule has 0 atom stereocenters. The number of halogens is 2. The summed E-state index contributed by atoms with van der Waals surface area (Å²) < 4.78 is 26.7. The molecule has 2 aromatic carbocycles. The predicted molar refractivity (Wildman–Crippen MR) is 138 cm³/mol. The van der Waals surface area contributed by atoms with Gasteiger partial charge in [-0.1, -0.05) is 11.6 Å². The smallest absolute Gasteiger partial charge is 0.336 e. The summed E-state index contributed by atoms with van der Waals surface area (Å²) in [5.74, 6) is -1.44. The van der Waals surface area contributed by atoms with Gasteiger partial charge in [-0.3, -0.25) is 14.9 Å². The van der Waals surface area contributed by atoms with E-state index in [9.17, 15) is 18.8 Å². The lowest BCUT2D eigenvalue weighted by atomic mass is 10.1. The van der Waals surface area contributed by atoms with Crippen LogP contribution in [-0.4, -0.2) is 35.6 Å². The number of urea groups is 1. The second-order valence-electron chi connectivity index (χ2n) is 8.21. The molecule has 0 saturated carbocycles. The molecule has 0 bridgehead atoms. The average molecular weight is 526 g/mol. The zero-order valence-electron chi connectivity index (χ0n) is 20.7. The van der Waals surface area contributed by atoms with Crippen LogP contribution < -0.4 is 19.7 Å². The number of hydrogen-bond donors (Lipinski definition) is 1. The number of nitrogens with zero attached hydrogens (tertiary/aromatic N) is 2. The molecule has 3 aromatic rings. The van der Waals surface area contributed by atoms with E-state index < -0.39 is 23.7 Å². The van der Waals surface area contributed by atoms with Gasteiger partial charge in [-0.15, -0.1) is 0 Å². The van der Waals surface area contributed by atoms with E-state index in [-0.39, 0.29) is 22.0 Å². The van der Waals surface area contributed by atoms with Crippen LogP contribution in [0, 0.1) is 19.7 Å². The zero-order valence-corrected chi connectivity index (χ0v) is 21.5. The second-order valence-corrected chi connectivity index (χ2v) is 8.62. The molecule has 10 heteroatoms. The summed E-state index contributed by atoms with van der Waals surface area (Å²) in [7, 11) is 0. The number of nitrogens with one attached hydrogen (secondary N) is 1. The molecule has 4 rings (SSSR count). The summed E-state index contributed by atoms with van der Waals surface area (Å²) in [6.07, 6.45) is 1.42. The summed E-state index contributed by atoms with van der Waals surface area (Å²) in [5.41, 5.74) is 2.56. The number of rotatable bonds is 7.